The quantitative estimate of drug-likeness (QED) is 0.922. The largest absolute Gasteiger partial charge is 0.366 e. The second-order valence-electron chi connectivity index (χ2n) is 6.59. The summed E-state index contributed by atoms with van der Waals surface area (Å²) in [4.78, 5) is 14.4. The highest BCUT2D eigenvalue weighted by molar-refractivity contribution is 5.75. The van der Waals surface area contributed by atoms with E-state index < -0.39 is 0 Å². The number of urea groups is 1. The van der Waals surface area contributed by atoms with Gasteiger partial charge in [0.05, 0.1) is 13.2 Å². The Bertz CT molecular complexity index is 732. The van der Waals surface area contributed by atoms with Gasteiger partial charge in [0.2, 0.25) is 0 Å². The van der Waals surface area contributed by atoms with Gasteiger partial charge in [-0.1, -0.05) is 30.3 Å². The maximum absolute atomic E-state index is 12.6. The van der Waals surface area contributed by atoms with E-state index in [0.717, 1.165) is 18.8 Å². The number of rotatable bonds is 4. The molecule has 132 valence electrons. The highest BCUT2D eigenvalue weighted by Crippen LogP contribution is 2.40. The standard InChI is InChI=1S/C18H23N5O2/c1-2-22-12-19-21-17(22)16-11-23(8-9-25-16)18(24)20-15-10-14(15)13-6-4-3-5-7-13/h3-7,12,14-16H,2,8-11H2,1H3,(H,20,24). The third kappa shape index (κ3) is 3.37. The summed E-state index contributed by atoms with van der Waals surface area (Å²) in [6, 6.07) is 10.6. The van der Waals surface area contributed by atoms with Crippen molar-refractivity contribution >= 4 is 6.03 Å². The summed E-state index contributed by atoms with van der Waals surface area (Å²) in [6.45, 7) is 4.45. The number of nitrogens with zero attached hydrogens (tertiary/aromatic N) is 4. The van der Waals surface area contributed by atoms with Crippen LogP contribution < -0.4 is 5.32 Å². The number of nitrogens with one attached hydrogen (secondary N) is 1. The summed E-state index contributed by atoms with van der Waals surface area (Å²) in [6.07, 6.45) is 2.49. The van der Waals surface area contributed by atoms with Crippen LogP contribution >= 0.6 is 0 Å². The summed E-state index contributed by atoms with van der Waals surface area (Å²) in [5.41, 5.74) is 1.30. The third-order valence-electron chi connectivity index (χ3n) is 4.95. The van der Waals surface area contributed by atoms with Gasteiger partial charge in [-0.25, -0.2) is 4.79 Å². The first-order valence-electron chi connectivity index (χ1n) is 8.86. The van der Waals surface area contributed by atoms with E-state index >= 15 is 0 Å². The van der Waals surface area contributed by atoms with Crippen molar-refractivity contribution in [3.8, 4) is 0 Å². The number of hydrogen-bond donors (Lipinski definition) is 1. The van der Waals surface area contributed by atoms with E-state index in [0.29, 0.717) is 25.6 Å². The van der Waals surface area contributed by atoms with E-state index in [1.165, 1.54) is 5.56 Å². The van der Waals surface area contributed by atoms with Gasteiger partial charge in [0.15, 0.2) is 5.82 Å². The van der Waals surface area contributed by atoms with Crippen LogP contribution in [-0.2, 0) is 11.3 Å². The maximum atomic E-state index is 12.6. The van der Waals surface area contributed by atoms with Crippen molar-refractivity contribution in [3.05, 3.63) is 48.0 Å². The molecule has 25 heavy (non-hydrogen) atoms. The Kier molecular flexibility index (Phi) is 4.40. The van der Waals surface area contributed by atoms with Crippen LogP contribution in [0.4, 0.5) is 4.79 Å². The molecule has 1 aromatic heterocycles. The molecule has 1 saturated carbocycles. The zero-order chi connectivity index (χ0) is 17.2. The van der Waals surface area contributed by atoms with E-state index in [4.69, 9.17) is 4.74 Å². The number of benzene rings is 1. The van der Waals surface area contributed by atoms with Gasteiger partial charge in [-0.2, -0.15) is 0 Å². The van der Waals surface area contributed by atoms with Gasteiger partial charge < -0.3 is 19.5 Å². The number of aryl methyl sites for hydroxylation is 1. The Morgan fingerprint density at radius 1 is 1.36 bits per heavy atom. The Labute approximate surface area is 147 Å². The average Bonchev–Trinajstić information content (AvgIpc) is 3.26. The topological polar surface area (TPSA) is 72.3 Å². The predicted molar refractivity (Wildman–Crippen MR) is 92.1 cm³/mol. The first-order valence-corrected chi connectivity index (χ1v) is 8.86. The highest BCUT2D eigenvalue weighted by atomic mass is 16.5. The Balaban J connectivity index is 1.35. The minimum Gasteiger partial charge on any atom is -0.366 e. The molecule has 3 atom stereocenters. The molecular formula is C18H23N5O2. The molecular weight excluding hydrogens is 318 g/mol. The van der Waals surface area contributed by atoms with Crippen LogP contribution in [0.3, 0.4) is 0 Å². The van der Waals surface area contributed by atoms with Crippen molar-refractivity contribution in [1.29, 1.82) is 0 Å². The first-order chi connectivity index (χ1) is 12.3. The molecule has 1 aliphatic carbocycles. The molecule has 3 unspecified atom stereocenters. The van der Waals surface area contributed by atoms with Crippen molar-refractivity contribution in [2.45, 2.75) is 38.0 Å². The minimum atomic E-state index is -0.217. The van der Waals surface area contributed by atoms with Crippen molar-refractivity contribution in [2.24, 2.45) is 0 Å². The fraction of sp³-hybridized carbons (Fsp3) is 0.500. The summed E-state index contributed by atoms with van der Waals surface area (Å²) in [5.74, 6) is 1.22. The van der Waals surface area contributed by atoms with E-state index in [9.17, 15) is 4.79 Å². The van der Waals surface area contributed by atoms with E-state index in [1.807, 2.05) is 34.6 Å². The van der Waals surface area contributed by atoms with Crippen LogP contribution in [0.25, 0.3) is 0 Å². The summed E-state index contributed by atoms with van der Waals surface area (Å²) >= 11 is 0. The van der Waals surface area contributed by atoms with Crippen LogP contribution in [0.5, 0.6) is 0 Å². The number of carbonyl (C=O) groups is 1. The molecule has 0 radical (unpaired) electrons. The molecule has 7 nitrogen and oxygen atoms in total. The second-order valence-corrected chi connectivity index (χ2v) is 6.59. The molecule has 1 aromatic carbocycles. The third-order valence-corrected chi connectivity index (χ3v) is 4.95. The van der Waals surface area contributed by atoms with Crippen molar-refractivity contribution in [2.75, 3.05) is 19.7 Å². The molecule has 0 bridgehead atoms. The SMILES string of the molecule is CCn1cnnc1C1CN(C(=O)NC2CC2c2ccccc2)CCO1. The number of morpholine rings is 1. The average molecular weight is 341 g/mol. The molecule has 1 aliphatic heterocycles. The molecule has 2 aliphatic rings. The number of carbonyl (C=O) groups excluding carboxylic acids is 1. The smallest absolute Gasteiger partial charge is 0.317 e. The fourth-order valence-electron chi connectivity index (χ4n) is 3.42. The van der Waals surface area contributed by atoms with E-state index in [1.54, 1.807) is 6.33 Å². The Morgan fingerprint density at radius 2 is 2.20 bits per heavy atom. The van der Waals surface area contributed by atoms with Gasteiger partial charge in [0.1, 0.15) is 12.4 Å². The van der Waals surface area contributed by atoms with Crippen LogP contribution in [-0.4, -0.2) is 51.4 Å². The van der Waals surface area contributed by atoms with Gasteiger partial charge in [-0.05, 0) is 18.9 Å². The van der Waals surface area contributed by atoms with Crippen LogP contribution in [0, 0.1) is 0 Å². The lowest BCUT2D eigenvalue weighted by atomic mass is 10.1. The normalized spacial score (nSPS) is 25.6. The van der Waals surface area contributed by atoms with E-state index in [2.05, 4.69) is 27.6 Å². The molecule has 4 rings (SSSR count). The summed E-state index contributed by atoms with van der Waals surface area (Å²) < 4.78 is 7.77. The van der Waals surface area contributed by atoms with Gasteiger partial charge in [-0.3, -0.25) is 0 Å². The maximum Gasteiger partial charge on any atom is 0.317 e. The molecule has 2 fully saturated rings. The number of ether oxygens (including phenoxy) is 1. The lowest BCUT2D eigenvalue weighted by molar-refractivity contribution is -0.0218. The van der Waals surface area contributed by atoms with Gasteiger partial charge in [0, 0.05) is 25.0 Å². The highest BCUT2D eigenvalue weighted by Gasteiger charge is 2.40. The van der Waals surface area contributed by atoms with Gasteiger partial charge in [-0.15, -0.1) is 10.2 Å². The molecule has 1 saturated heterocycles. The van der Waals surface area contributed by atoms with Gasteiger partial charge in [0.25, 0.3) is 0 Å². The molecule has 1 N–H and O–H groups in total. The predicted octanol–water partition coefficient (Wildman–Crippen LogP) is 1.94. The lowest BCUT2D eigenvalue weighted by Gasteiger charge is -2.32. The first kappa shape index (κ1) is 16.1. The number of aromatic nitrogens is 3. The van der Waals surface area contributed by atoms with Crippen LogP contribution in [0.2, 0.25) is 0 Å². The monoisotopic (exact) mass is 341 g/mol. The molecule has 2 heterocycles. The van der Waals surface area contributed by atoms with Crippen LogP contribution in [0.15, 0.2) is 36.7 Å². The molecule has 2 amide bonds. The fourth-order valence-corrected chi connectivity index (χ4v) is 3.42. The lowest BCUT2D eigenvalue weighted by Crippen LogP contribution is -2.48. The summed E-state index contributed by atoms with van der Waals surface area (Å²) in [7, 11) is 0. The molecule has 7 heteroatoms. The van der Waals surface area contributed by atoms with Crippen LogP contribution in [0.1, 0.15) is 36.8 Å². The number of amides is 2. The van der Waals surface area contributed by atoms with E-state index in [-0.39, 0.29) is 18.2 Å². The summed E-state index contributed by atoms with van der Waals surface area (Å²) in [5, 5.41) is 11.3. The van der Waals surface area contributed by atoms with Crippen molar-refractivity contribution in [1.82, 2.24) is 25.0 Å². The van der Waals surface area contributed by atoms with Crippen molar-refractivity contribution in [3.63, 3.8) is 0 Å². The minimum absolute atomic E-state index is 0.0145. The van der Waals surface area contributed by atoms with Crippen molar-refractivity contribution < 1.29 is 9.53 Å². The molecule has 0 spiro atoms. The Morgan fingerprint density at radius 3 is 3.00 bits per heavy atom. The zero-order valence-electron chi connectivity index (χ0n) is 14.3. The Hall–Kier alpha value is -2.41. The number of hydrogen-bond acceptors (Lipinski definition) is 4. The van der Waals surface area contributed by atoms with Gasteiger partial charge >= 0.3 is 6.03 Å². The molecule has 2 aromatic rings. The second kappa shape index (κ2) is 6.84. The zero-order valence-corrected chi connectivity index (χ0v) is 14.3.